The lowest BCUT2D eigenvalue weighted by Gasteiger charge is -2.16. The molecule has 4 rings (SSSR count). The molecule has 0 N–H and O–H groups in total. The average Bonchev–Trinajstić information content (AvgIpc) is 3.03. The van der Waals surface area contributed by atoms with Crippen LogP contribution in [0.3, 0.4) is 0 Å². The van der Waals surface area contributed by atoms with Crippen LogP contribution < -0.4 is 4.90 Å². The molecule has 0 aromatic heterocycles. The van der Waals surface area contributed by atoms with E-state index in [1.807, 2.05) is 85.8 Å². The maximum Gasteiger partial charge on any atom is 0.272 e. The van der Waals surface area contributed by atoms with E-state index in [9.17, 15) is 9.59 Å². The van der Waals surface area contributed by atoms with E-state index in [4.69, 9.17) is 0 Å². The predicted octanol–water partition coefficient (Wildman–Crippen LogP) is 6.34. The summed E-state index contributed by atoms with van der Waals surface area (Å²) in [6.45, 7) is 6.25. The SMILES string of the molecule is Cc1ccc(C2=C(SCc3ccccc3)C(=O)N(c3ccc(C(C)C)cc3)C2=O)cc1. The van der Waals surface area contributed by atoms with Crippen LogP contribution in [0.5, 0.6) is 0 Å². The van der Waals surface area contributed by atoms with Crippen molar-refractivity contribution in [1.82, 2.24) is 0 Å². The van der Waals surface area contributed by atoms with Gasteiger partial charge in [0.2, 0.25) is 0 Å². The predicted molar refractivity (Wildman–Crippen MR) is 129 cm³/mol. The van der Waals surface area contributed by atoms with Gasteiger partial charge in [0.15, 0.2) is 0 Å². The number of benzene rings is 3. The van der Waals surface area contributed by atoms with Crippen molar-refractivity contribution < 1.29 is 9.59 Å². The van der Waals surface area contributed by atoms with Crippen molar-refractivity contribution in [3.8, 4) is 0 Å². The third-order valence-corrected chi connectivity index (χ3v) is 6.57. The number of nitrogens with zero attached hydrogens (tertiary/aromatic N) is 1. The molecule has 0 spiro atoms. The molecule has 0 bridgehead atoms. The number of hydrogen-bond acceptors (Lipinski definition) is 3. The summed E-state index contributed by atoms with van der Waals surface area (Å²) in [5.41, 5.74) is 5.27. The summed E-state index contributed by atoms with van der Waals surface area (Å²) in [6.07, 6.45) is 0. The molecule has 3 aromatic carbocycles. The summed E-state index contributed by atoms with van der Waals surface area (Å²) in [6, 6.07) is 25.5. The summed E-state index contributed by atoms with van der Waals surface area (Å²) >= 11 is 1.43. The Morgan fingerprint density at radius 3 is 2.06 bits per heavy atom. The second kappa shape index (κ2) is 8.94. The molecule has 0 unspecified atom stereocenters. The number of carbonyl (C=O) groups excluding carboxylic acids is 2. The minimum Gasteiger partial charge on any atom is -0.268 e. The molecule has 1 aliphatic rings. The standard InChI is InChI=1S/C27H25NO2S/c1-18(2)21-13-15-23(16-14-21)28-26(29)24(22-11-9-19(3)10-12-22)25(27(28)30)31-17-20-7-5-4-6-8-20/h4-16,18H,17H2,1-3H3. The molecule has 3 nitrogen and oxygen atoms in total. The van der Waals surface area contributed by atoms with Gasteiger partial charge < -0.3 is 0 Å². The van der Waals surface area contributed by atoms with E-state index in [1.54, 1.807) is 0 Å². The Hall–Kier alpha value is -3.11. The normalized spacial score (nSPS) is 14.1. The van der Waals surface area contributed by atoms with E-state index in [0.29, 0.717) is 27.8 Å². The van der Waals surface area contributed by atoms with E-state index in [2.05, 4.69) is 13.8 Å². The van der Waals surface area contributed by atoms with Gasteiger partial charge in [0.1, 0.15) is 0 Å². The summed E-state index contributed by atoms with van der Waals surface area (Å²) in [5, 5.41) is 0. The highest BCUT2D eigenvalue weighted by atomic mass is 32.2. The number of thioether (sulfide) groups is 1. The monoisotopic (exact) mass is 427 g/mol. The number of anilines is 1. The molecular weight excluding hydrogens is 402 g/mol. The Morgan fingerprint density at radius 2 is 1.45 bits per heavy atom. The summed E-state index contributed by atoms with van der Waals surface area (Å²) in [4.78, 5) is 28.7. The molecule has 31 heavy (non-hydrogen) atoms. The molecule has 0 aliphatic carbocycles. The number of carbonyl (C=O) groups is 2. The summed E-state index contributed by atoms with van der Waals surface area (Å²) in [5.74, 6) is 0.503. The third kappa shape index (κ3) is 4.35. The van der Waals surface area contributed by atoms with Crippen molar-refractivity contribution in [2.24, 2.45) is 0 Å². The quantitative estimate of drug-likeness (QED) is 0.431. The third-order valence-electron chi connectivity index (χ3n) is 5.43. The topological polar surface area (TPSA) is 37.4 Å². The van der Waals surface area contributed by atoms with Crippen LogP contribution in [0, 0.1) is 6.92 Å². The van der Waals surface area contributed by atoms with Gasteiger partial charge in [-0.15, -0.1) is 11.8 Å². The molecule has 0 fully saturated rings. The Kier molecular flexibility index (Phi) is 6.10. The van der Waals surface area contributed by atoms with E-state index in [-0.39, 0.29) is 11.8 Å². The zero-order chi connectivity index (χ0) is 22.0. The van der Waals surface area contributed by atoms with E-state index >= 15 is 0 Å². The summed E-state index contributed by atoms with van der Waals surface area (Å²) in [7, 11) is 0. The molecule has 0 radical (unpaired) electrons. The fourth-order valence-electron chi connectivity index (χ4n) is 3.59. The largest absolute Gasteiger partial charge is 0.272 e. The molecule has 1 heterocycles. The number of rotatable bonds is 6. The molecule has 4 heteroatoms. The fourth-order valence-corrected chi connectivity index (χ4v) is 4.66. The van der Waals surface area contributed by atoms with Crippen LogP contribution in [0.15, 0.2) is 83.8 Å². The Labute approximate surface area is 187 Å². The Balaban J connectivity index is 1.71. The van der Waals surface area contributed by atoms with Gasteiger partial charge >= 0.3 is 0 Å². The lowest BCUT2D eigenvalue weighted by molar-refractivity contribution is -0.119. The van der Waals surface area contributed by atoms with Crippen molar-refractivity contribution in [3.63, 3.8) is 0 Å². The number of hydrogen-bond donors (Lipinski definition) is 0. The van der Waals surface area contributed by atoms with Crippen LogP contribution in [-0.2, 0) is 15.3 Å². The molecule has 3 aromatic rings. The van der Waals surface area contributed by atoms with Crippen LogP contribution in [0.4, 0.5) is 5.69 Å². The van der Waals surface area contributed by atoms with Gasteiger partial charge in [0.25, 0.3) is 11.8 Å². The lowest BCUT2D eigenvalue weighted by atomic mass is 10.0. The summed E-state index contributed by atoms with van der Waals surface area (Å²) < 4.78 is 0. The smallest absolute Gasteiger partial charge is 0.268 e. The van der Waals surface area contributed by atoms with E-state index < -0.39 is 0 Å². The molecule has 0 atom stereocenters. The molecule has 2 amide bonds. The number of amides is 2. The maximum atomic E-state index is 13.5. The van der Waals surface area contributed by atoms with Gasteiger partial charge in [0.05, 0.1) is 16.2 Å². The number of aryl methyl sites for hydroxylation is 1. The van der Waals surface area contributed by atoms with Gasteiger partial charge in [-0.2, -0.15) is 0 Å². The van der Waals surface area contributed by atoms with Crippen LogP contribution in [0.25, 0.3) is 5.57 Å². The zero-order valence-electron chi connectivity index (χ0n) is 18.0. The van der Waals surface area contributed by atoms with Crippen molar-refractivity contribution >= 4 is 34.8 Å². The first-order valence-electron chi connectivity index (χ1n) is 10.4. The van der Waals surface area contributed by atoms with Gasteiger partial charge in [-0.3, -0.25) is 9.59 Å². The van der Waals surface area contributed by atoms with Gasteiger partial charge in [-0.25, -0.2) is 4.90 Å². The lowest BCUT2D eigenvalue weighted by Crippen LogP contribution is -2.31. The zero-order valence-corrected chi connectivity index (χ0v) is 18.8. The first-order valence-corrected chi connectivity index (χ1v) is 11.4. The molecule has 0 saturated heterocycles. The van der Waals surface area contributed by atoms with Crippen molar-refractivity contribution in [2.75, 3.05) is 4.90 Å². The van der Waals surface area contributed by atoms with Gasteiger partial charge in [-0.1, -0.05) is 86.1 Å². The van der Waals surface area contributed by atoms with E-state index in [0.717, 1.165) is 16.7 Å². The molecular formula is C27H25NO2S. The second-order valence-electron chi connectivity index (χ2n) is 8.04. The Bertz CT molecular complexity index is 1130. The first kappa shape index (κ1) is 21.1. The maximum absolute atomic E-state index is 13.5. The highest BCUT2D eigenvalue weighted by Crippen LogP contribution is 2.39. The Morgan fingerprint density at radius 1 is 0.806 bits per heavy atom. The molecule has 1 aliphatic heterocycles. The van der Waals surface area contributed by atoms with Crippen LogP contribution >= 0.6 is 11.8 Å². The van der Waals surface area contributed by atoms with Crippen LogP contribution in [0.2, 0.25) is 0 Å². The molecule has 156 valence electrons. The molecule has 0 saturated carbocycles. The van der Waals surface area contributed by atoms with Crippen molar-refractivity contribution in [1.29, 1.82) is 0 Å². The van der Waals surface area contributed by atoms with Crippen molar-refractivity contribution in [2.45, 2.75) is 32.4 Å². The highest BCUT2D eigenvalue weighted by Gasteiger charge is 2.40. The minimum absolute atomic E-state index is 0.251. The fraction of sp³-hybridized carbons (Fsp3) is 0.185. The second-order valence-corrected chi connectivity index (χ2v) is 9.02. The minimum atomic E-state index is -0.262. The van der Waals surface area contributed by atoms with Crippen molar-refractivity contribution in [3.05, 3.63) is 106 Å². The van der Waals surface area contributed by atoms with Crippen LogP contribution in [-0.4, -0.2) is 11.8 Å². The van der Waals surface area contributed by atoms with Gasteiger partial charge in [0, 0.05) is 5.75 Å². The van der Waals surface area contributed by atoms with E-state index in [1.165, 1.54) is 22.2 Å². The first-order chi connectivity index (χ1) is 15.0. The average molecular weight is 428 g/mol. The van der Waals surface area contributed by atoms with Crippen LogP contribution in [0.1, 0.15) is 42.0 Å². The number of imide groups is 1. The van der Waals surface area contributed by atoms with Gasteiger partial charge in [-0.05, 0) is 41.7 Å². The highest BCUT2D eigenvalue weighted by molar-refractivity contribution is 8.03.